The molecule has 0 aliphatic heterocycles. The van der Waals surface area contributed by atoms with Gasteiger partial charge in [-0.05, 0) is 28.5 Å². The lowest BCUT2D eigenvalue weighted by Crippen LogP contribution is -2.27. The smallest absolute Gasteiger partial charge is 0.246 e. The molecule has 0 fully saturated rings. The van der Waals surface area contributed by atoms with Gasteiger partial charge in [0.05, 0.1) is 5.69 Å². The van der Waals surface area contributed by atoms with E-state index in [4.69, 9.17) is 5.73 Å². The third-order valence-electron chi connectivity index (χ3n) is 2.49. The van der Waals surface area contributed by atoms with E-state index < -0.39 is 10.0 Å². The fraction of sp³-hybridized carbons (Fsp3) is 0.182. The molecule has 0 unspecified atom stereocenters. The molecule has 2 aromatic rings. The van der Waals surface area contributed by atoms with Gasteiger partial charge >= 0.3 is 0 Å². The van der Waals surface area contributed by atoms with Crippen molar-refractivity contribution in [2.24, 2.45) is 0 Å². The van der Waals surface area contributed by atoms with Crippen LogP contribution in [0, 0.1) is 0 Å². The predicted molar refractivity (Wildman–Crippen MR) is 71.6 cm³/mol. The number of sulfonamides is 1. The van der Waals surface area contributed by atoms with Crippen LogP contribution in [0.25, 0.3) is 0 Å². The molecular weight excluding hydrogens is 270 g/mol. The summed E-state index contributed by atoms with van der Waals surface area (Å²) in [7, 11) is -2.07. The largest absolute Gasteiger partial charge is 0.398 e. The van der Waals surface area contributed by atoms with Gasteiger partial charge in [0.1, 0.15) is 4.90 Å². The van der Waals surface area contributed by atoms with Gasteiger partial charge in [0.2, 0.25) is 10.0 Å². The Morgan fingerprint density at radius 3 is 2.83 bits per heavy atom. The molecule has 0 saturated carbocycles. The molecule has 2 rings (SSSR count). The van der Waals surface area contributed by atoms with Crippen molar-refractivity contribution in [3.05, 3.63) is 40.8 Å². The first-order chi connectivity index (χ1) is 8.51. The Kier molecular flexibility index (Phi) is 3.65. The zero-order valence-electron chi connectivity index (χ0n) is 9.78. The molecule has 0 saturated heterocycles. The monoisotopic (exact) mass is 283 g/mol. The number of anilines is 1. The molecule has 0 spiro atoms. The van der Waals surface area contributed by atoms with E-state index in [1.54, 1.807) is 0 Å². The van der Waals surface area contributed by atoms with Crippen molar-refractivity contribution in [3.63, 3.8) is 0 Å². The van der Waals surface area contributed by atoms with Crippen LogP contribution in [0.2, 0.25) is 0 Å². The minimum absolute atomic E-state index is 0.0442. The maximum atomic E-state index is 12.3. The summed E-state index contributed by atoms with van der Waals surface area (Å²) in [6.45, 7) is 0.320. The van der Waals surface area contributed by atoms with Gasteiger partial charge in [-0.25, -0.2) is 8.42 Å². The van der Waals surface area contributed by atoms with E-state index in [9.17, 15) is 8.42 Å². The van der Waals surface area contributed by atoms with Gasteiger partial charge in [0, 0.05) is 26.0 Å². The van der Waals surface area contributed by atoms with Crippen molar-refractivity contribution < 1.29 is 8.42 Å². The number of pyridine rings is 1. The highest BCUT2D eigenvalue weighted by Gasteiger charge is 2.23. The summed E-state index contributed by atoms with van der Waals surface area (Å²) in [5.74, 6) is 0. The lowest BCUT2D eigenvalue weighted by atomic mass is 10.3. The van der Waals surface area contributed by atoms with Gasteiger partial charge in [0.25, 0.3) is 0 Å². The average molecular weight is 283 g/mol. The van der Waals surface area contributed by atoms with Crippen LogP contribution in [0.5, 0.6) is 0 Å². The van der Waals surface area contributed by atoms with E-state index >= 15 is 0 Å². The van der Waals surface area contributed by atoms with Gasteiger partial charge < -0.3 is 5.73 Å². The Morgan fingerprint density at radius 1 is 1.44 bits per heavy atom. The molecule has 2 heterocycles. The van der Waals surface area contributed by atoms with Crippen LogP contribution >= 0.6 is 11.3 Å². The quantitative estimate of drug-likeness (QED) is 0.923. The summed E-state index contributed by atoms with van der Waals surface area (Å²) < 4.78 is 25.8. The van der Waals surface area contributed by atoms with Crippen molar-refractivity contribution in [3.8, 4) is 0 Å². The molecule has 2 aromatic heterocycles. The number of rotatable bonds is 4. The Hall–Kier alpha value is -1.44. The highest BCUT2D eigenvalue weighted by molar-refractivity contribution is 7.89. The van der Waals surface area contributed by atoms with Crippen LogP contribution in [0.1, 0.15) is 5.56 Å². The van der Waals surface area contributed by atoms with Crippen molar-refractivity contribution in [1.29, 1.82) is 0 Å². The molecule has 0 atom stereocenters. The minimum Gasteiger partial charge on any atom is -0.398 e. The molecule has 0 bridgehead atoms. The molecule has 0 radical (unpaired) electrons. The van der Waals surface area contributed by atoms with E-state index in [-0.39, 0.29) is 10.6 Å². The summed E-state index contributed by atoms with van der Waals surface area (Å²) in [4.78, 5) is 3.85. The van der Waals surface area contributed by atoms with E-state index in [2.05, 4.69) is 4.98 Å². The molecule has 2 N–H and O–H groups in total. The number of aromatic nitrogens is 1. The lowest BCUT2D eigenvalue weighted by Gasteiger charge is -2.17. The standard InChI is InChI=1S/C11H13N3O2S2/c1-14(7-9-3-5-17-8-9)18(15,16)11-6-13-4-2-10(11)12/h2-6,8H,7H2,1H3,(H2,12,13). The van der Waals surface area contributed by atoms with Crippen molar-refractivity contribution in [1.82, 2.24) is 9.29 Å². The maximum Gasteiger partial charge on any atom is 0.246 e. The number of hydrogen-bond donors (Lipinski definition) is 1. The SMILES string of the molecule is CN(Cc1ccsc1)S(=O)(=O)c1cnccc1N. The number of hydrogen-bond acceptors (Lipinski definition) is 5. The van der Waals surface area contributed by atoms with E-state index in [0.29, 0.717) is 6.54 Å². The predicted octanol–water partition coefficient (Wildman–Crippen LogP) is 1.55. The third kappa shape index (κ3) is 2.53. The lowest BCUT2D eigenvalue weighted by molar-refractivity contribution is 0.467. The molecule has 0 amide bonds. The van der Waals surface area contributed by atoms with Gasteiger partial charge in [-0.2, -0.15) is 15.6 Å². The molecule has 18 heavy (non-hydrogen) atoms. The van der Waals surface area contributed by atoms with Crippen molar-refractivity contribution in [2.45, 2.75) is 11.4 Å². The first-order valence-corrected chi connectivity index (χ1v) is 7.57. The fourth-order valence-electron chi connectivity index (χ4n) is 1.50. The molecule has 96 valence electrons. The second kappa shape index (κ2) is 5.05. The Bertz CT molecular complexity index is 623. The van der Waals surface area contributed by atoms with Crippen LogP contribution in [0.4, 0.5) is 5.69 Å². The van der Waals surface area contributed by atoms with Crippen molar-refractivity contribution in [2.75, 3.05) is 12.8 Å². The van der Waals surface area contributed by atoms with Crippen LogP contribution in [0.3, 0.4) is 0 Å². The highest BCUT2D eigenvalue weighted by atomic mass is 32.2. The van der Waals surface area contributed by atoms with Crippen LogP contribution in [-0.2, 0) is 16.6 Å². The summed E-state index contributed by atoms with van der Waals surface area (Å²) in [5.41, 5.74) is 6.84. The van der Waals surface area contributed by atoms with E-state index in [0.717, 1.165) is 5.56 Å². The summed E-state index contributed by atoms with van der Waals surface area (Å²) >= 11 is 1.53. The summed E-state index contributed by atoms with van der Waals surface area (Å²) in [6, 6.07) is 3.37. The Morgan fingerprint density at radius 2 is 2.22 bits per heavy atom. The van der Waals surface area contributed by atoms with Gasteiger partial charge in [-0.15, -0.1) is 0 Å². The number of thiophene rings is 1. The van der Waals surface area contributed by atoms with Crippen LogP contribution < -0.4 is 5.73 Å². The molecule has 7 heteroatoms. The minimum atomic E-state index is -3.60. The molecule has 0 aliphatic carbocycles. The van der Waals surface area contributed by atoms with Crippen LogP contribution in [-0.4, -0.2) is 24.8 Å². The normalized spacial score (nSPS) is 11.9. The van der Waals surface area contributed by atoms with E-state index in [1.165, 1.54) is 41.1 Å². The average Bonchev–Trinajstić information content (AvgIpc) is 2.82. The molecule has 0 aliphatic rings. The molecular formula is C11H13N3O2S2. The zero-order chi connectivity index (χ0) is 13.2. The second-order valence-corrected chi connectivity index (χ2v) is 6.60. The van der Waals surface area contributed by atoms with E-state index in [1.807, 2.05) is 16.8 Å². The van der Waals surface area contributed by atoms with Gasteiger partial charge in [0.15, 0.2) is 0 Å². The zero-order valence-corrected chi connectivity index (χ0v) is 11.4. The van der Waals surface area contributed by atoms with Crippen molar-refractivity contribution >= 4 is 27.0 Å². The summed E-state index contributed by atoms with van der Waals surface area (Å²) in [5, 5.41) is 3.83. The number of nitrogens with zero attached hydrogens (tertiary/aromatic N) is 2. The summed E-state index contributed by atoms with van der Waals surface area (Å²) in [6.07, 6.45) is 2.74. The Balaban J connectivity index is 2.29. The third-order valence-corrected chi connectivity index (χ3v) is 5.07. The topological polar surface area (TPSA) is 76.3 Å². The van der Waals surface area contributed by atoms with Crippen LogP contribution in [0.15, 0.2) is 40.2 Å². The number of nitrogen functional groups attached to an aromatic ring is 1. The highest BCUT2D eigenvalue weighted by Crippen LogP contribution is 2.21. The second-order valence-electron chi connectivity index (χ2n) is 3.81. The Labute approximate surface area is 110 Å². The first kappa shape index (κ1) is 13.0. The molecule has 5 nitrogen and oxygen atoms in total. The maximum absolute atomic E-state index is 12.3. The van der Waals surface area contributed by atoms with Gasteiger partial charge in [-0.3, -0.25) is 4.98 Å². The fourth-order valence-corrected chi connectivity index (χ4v) is 3.37. The van der Waals surface area contributed by atoms with Gasteiger partial charge in [-0.1, -0.05) is 0 Å². The first-order valence-electron chi connectivity index (χ1n) is 5.18. The molecule has 0 aromatic carbocycles. The number of nitrogens with two attached hydrogens (primary N) is 1.